The lowest BCUT2D eigenvalue weighted by atomic mass is 9.79. The van der Waals surface area contributed by atoms with Crippen LogP contribution in [0, 0.1) is 0 Å². The molecule has 2 atom stereocenters. The lowest BCUT2D eigenvalue weighted by molar-refractivity contribution is -0.245. The molecule has 5 heteroatoms. The summed E-state index contributed by atoms with van der Waals surface area (Å²) in [5.74, 6) is -0.419. The molecule has 3 aliphatic rings. The zero-order valence-electron chi connectivity index (χ0n) is 10.1. The fourth-order valence-electron chi connectivity index (χ4n) is 3.34. The summed E-state index contributed by atoms with van der Waals surface area (Å²) in [5, 5.41) is 12.6. The van der Waals surface area contributed by atoms with Crippen molar-refractivity contribution in [3.63, 3.8) is 0 Å². The zero-order valence-corrected chi connectivity index (χ0v) is 10.1. The Morgan fingerprint density at radius 1 is 1.24 bits per heavy atom. The molecule has 1 unspecified atom stereocenters. The standard InChI is InChI=1S/C12H21NO4/c14-7-10-6-13-9-11(17-10)2-1-3-12(8-11)15-4-5-16-12/h10,13-14H,1-9H2/t10-,11?/m0/s1. The molecule has 2 N–H and O–H groups in total. The van der Waals surface area contributed by atoms with Gasteiger partial charge in [0.2, 0.25) is 0 Å². The van der Waals surface area contributed by atoms with Crippen LogP contribution in [0.5, 0.6) is 0 Å². The molecular formula is C12H21NO4. The van der Waals surface area contributed by atoms with Crippen molar-refractivity contribution < 1.29 is 19.3 Å². The minimum absolute atomic E-state index is 0.0729. The average Bonchev–Trinajstić information content (AvgIpc) is 2.77. The number of ether oxygens (including phenoxy) is 3. The predicted molar refractivity (Wildman–Crippen MR) is 60.7 cm³/mol. The van der Waals surface area contributed by atoms with Crippen LogP contribution in [-0.2, 0) is 14.2 Å². The van der Waals surface area contributed by atoms with E-state index in [4.69, 9.17) is 14.2 Å². The molecule has 0 aromatic carbocycles. The van der Waals surface area contributed by atoms with E-state index < -0.39 is 5.79 Å². The Labute approximate surface area is 101 Å². The van der Waals surface area contributed by atoms with Crippen molar-refractivity contribution in [1.82, 2.24) is 5.32 Å². The van der Waals surface area contributed by atoms with Crippen molar-refractivity contribution in [1.29, 1.82) is 0 Å². The van der Waals surface area contributed by atoms with Crippen LogP contribution in [0.25, 0.3) is 0 Å². The quantitative estimate of drug-likeness (QED) is 0.680. The van der Waals surface area contributed by atoms with Gasteiger partial charge in [-0.1, -0.05) is 0 Å². The highest BCUT2D eigenvalue weighted by atomic mass is 16.7. The molecule has 0 radical (unpaired) electrons. The van der Waals surface area contributed by atoms with Crippen molar-refractivity contribution in [2.75, 3.05) is 32.9 Å². The number of hydrogen-bond acceptors (Lipinski definition) is 5. The molecule has 1 aliphatic carbocycles. The number of aliphatic hydroxyl groups is 1. The van der Waals surface area contributed by atoms with Gasteiger partial charge in [0.25, 0.3) is 0 Å². The number of hydrogen-bond donors (Lipinski definition) is 2. The van der Waals surface area contributed by atoms with Crippen molar-refractivity contribution in [3.8, 4) is 0 Å². The molecule has 2 aliphatic heterocycles. The molecule has 2 saturated heterocycles. The number of nitrogens with one attached hydrogen (secondary N) is 1. The van der Waals surface area contributed by atoms with Crippen LogP contribution in [0.4, 0.5) is 0 Å². The summed E-state index contributed by atoms with van der Waals surface area (Å²) in [6.45, 7) is 3.01. The third-order valence-electron chi connectivity index (χ3n) is 4.03. The summed E-state index contributed by atoms with van der Waals surface area (Å²) < 4.78 is 17.6. The molecule has 98 valence electrons. The van der Waals surface area contributed by atoms with Crippen molar-refractivity contribution in [3.05, 3.63) is 0 Å². The van der Waals surface area contributed by atoms with E-state index in [0.29, 0.717) is 13.2 Å². The van der Waals surface area contributed by atoms with Gasteiger partial charge in [0.05, 0.1) is 31.5 Å². The topological polar surface area (TPSA) is 60.0 Å². The summed E-state index contributed by atoms with van der Waals surface area (Å²) in [6.07, 6.45) is 3.72. The van der Waals surface area contributed by atoms with E-state index in [1.807, 2.05) is 0 Å². The first-order chi connectivity index (χ1) is 8.26. The van der Waals surface area contributed by atoms with Gasteiger partial charge in [-0.3, -0.25) is 0 Å². The maximum atomic E-state index is 9.23. The van der Waals surface area contributed by atoms with E-state index in [9.17, 15) is 5.11 Å². The van der Waals surface area contributed by atoms with Crippen molar-refractivity contribution in [2.24, 2.45) is 0 Å². The highest BCUT2D eigenvalue weighted by Gasteiger charge is 2.50. The molecule has 2 heterocycles. The second kappa shape index (κ2) is 4.48. The first-order valence-electron chi connectivity index (χ1n) is 6.53. The largest absolute Gasteiger partial charge is 0.394 e. The van der Waals surface area contributed by atoms with Gasteiger partial charge in [0.15, 0.2) is 5.79 Å². The minimum atomic E-state index is -0.419. The second-order valence-corrected chi connectivity index (χ2v) is 5.37. The van der Waals surface area contributed by atoms with E-state index in [0.717, 1.165) is 38.8 Å². The Morgan fingerprint density at radius 2 is 2.06 bits per heavy atom. The first kappa shape index (κ1) is 11.9. The van der Waals surface area contributed by atoms with E-state index in [2.05, 4.69) is 5.32 Å². The Balaban J connectivity index is 1.73. The number of rotatable bonds is 1. The SMILES string of the molecule is OC[C@@H]1CNCC2(CCCC3(C2)OCCO3)O1. The summed E-state index contributed by atoms with van der Waals surface area (Å²) in [6, 6.07) is 0. The highest BCUT2D eigenvalue weighted by molar-refractivity contribution is 4.98. The monoisotopic (exact) mass is 243 g/mol. The predicted octanol–water partition coefficient (Wildman–Crippen LogP) is 0.0230. The van der Waals surface area contributed by atoms with E-state index in [-0.39, 0.29) is 18.3 Å². The molecule has 5 nitrogen and oxygen atoms in total. The van der Waals surface area contributed by atoms with E-state index in [1.54, 1.807) is 0 Å². The summed E-state index contributed by atoms with van der Waals surface area (Å²) in [5.41, 5.74) is -0.214. The molecule has 0 bridgehead atoms. The fraction of sp³-hybridized carbons (Fsp3) is 1.00. The molecule has 3 fully saturated rings. The zero-order chi connectivity index (χ0) is 11.8. The van der Waals surface area contributed by atoms with Gasteiger partial charge < -0.3 is 24.6 Å². The maximum absolute atomic E-state index is 9.23. The maximum Gasteiger partial charge on any atom is 0.171 e. The molecule has 0 aromatic rings. The van der Waals surface area contributed by atoms with Crippen LogP contribution in [0.2, 0.25) is 0 Å². The third-order valence-corrected chi connectivity index (χ3v) is 4.03. The van der Waals surface area contributed by atoms with Gasteiger partial charge >= 0.3 is 0 Å². The van der Waals surface area contributed by atoms with Crippen LogP contribution in [0.3, 0.4) is 0 Å². The van der Waals surface area contributed by atoms with Crippen molar-refractivity contribution in [2.45, 2.75) is 43.2 Å². The molecule has 17 heavy (non-hydrogen) atoms. The van der Waals surface area contributed by atoms with Gasteiger partial charge in [-0.15, -0.1) is 0 Å². The van der Waals surface area contributed by atoms with E-state index in [1.165, 1.54) is 0 Å². The summed E-state index contributed by atoms with van der Waals surface area (Å²) in [7, 11) is 0. The van der Waals surface area contributed by atoms with Crippen LogP contribution in [0.15, 0.2) is 0 Å². The lowest BCUT2D eigenvalue weighted by Crippen LogP contribution is -2.59. The molecule has 0 amide bonds. The number of aliphatic hydroxyl groups excluding tert-OH is 1. The Bertz CT molecular complexity index is 276. The molecule has 2 spiro atoms. The number of morpholine rings is 1. The Hall–Kier alpha value is -0.200. The Kier molecular flexibility index (Phi) is 3.13. The molecular weight excluding hydrogens is 222 g/mol. The van der Waals surface area contributed by atoms with Crippen molar-refractivity contribution >= 4 is 0 Å². The second-order valence-electron chi connectivity index (χ2n) is 5.37. The Morgan fingerprint density at radius 3 is 2.82 bits per heavy atom. The van der Waals surface area contributed by atoms with Gasteiger partial charge in [0.1, 0.15) is 0 Å². The molecule has 1 saturated carbocycles. The van der Waals surface area contributed by atoms with Crippen LogP contribution in [-0.4, -0.2) is 55.5 Å². The smallest absolute Gasteiger partial charge is 0.171 e. The van der Waals surface area contributed by atoms with Gasteiger partial charge in [-0.05, 0) is 12.8 Å². The molecule has 0 aromatic heterocycles. The van der Waals surface area contributed by atoms with Crippen LogP contribution < -0.4 is 5.32 Å². The van der Waals surface area contributed by atoms with Crippen LogP contribution >= 0.6 is 0 Å². The minimum Gasteiger partial charge on any atom is -0.394 e. The average molecular weight is 243 g/mol. The fourth-order valence-corrected chi connectivity index (χ4v) is 3.34. The summed E-state index contributed by atoms with van der Waals surface area (Å²) in [4.78, 5) is 0. The van der Waals surface area contributed by atoms with Crippen LogP contribution in [0.1, 0.15) is 25.7 Å². The highest BCUT2D eigenvalue weighted by Crippen LogP contribution is 2.43. The molecule has 3 rings (SSSR count). The van der Waals surface area contributed by atoms with E-state index >= 15 is 0 Å². The van der Waals surface area contributed by atoms with Gasteiger partial charge in [0, 0.05) is 25.9 Å². The normalized spacial score (nSPS) is 41.1. The third kappa shape index (κ3) is 2.22. The first-order valence-corrected chi connectivity index (χ1v) is 6.53. The van der Waals surface area contributed by atoms with Gasteiger partial charge in [-0.25, -0.2) is 0 Å². The summed E-state index contributed by atoms with van der Waals surface area (Å²) >= 11 is 0. The van der Waals surface area contributed by atoms with Gasteiger partial charge in [-0.2, -0.15) is 0 Å². The lowest BCUT2D eigenvalue weighted by Gasteiger charge is -2.48.